The summed E-state index contributed by atoms with van der Waals surface area (Å²) in [6.07, 6.45) is 7.76. The molecule has 2 atom stereocenters. The molecule has 1 aliphatic rings. The van der Waals surface area contributed by atoms with Crippen molar-refractivity contribution in [2.75, 3.05) is 0 Å². The summed E-state index contributed by atoms with van der Waals surface area (Å²) in [4.78, 5) is 0. The van der Waals surface area contributed by atoms with Crippen molar-refractivity contribution >= 4 is 0 Å². The molecule has 2 heteroatoms. The Morgan fingerprint density at radius 3 is 2.76 bits per heavy atom. The highest BCUT2D eigenvalue weighted by molar-refractivity contribution is 5.04. The molecule has 0 aromatic carbocycles. The Balaban J connectivity index is 2.91. The summed E-state index contributed by atoms with van der Waals surface area (Å²) in [5, 5.41) is 10.2. The average Bonchev–Trinajstić information content (AvgIpc) is 2.28. The topological polar surface area (TPSA) is 29.5 Å². The number of allylic oxidation sites excluding steroid dienone is 2. The zero-order valence-corrected chi connectivity index (χ0v) is 11.6. The quantitative estimate of drug-likeness (QED) is 0.745. The molecule has 0 bridgehead atoms. The molecule has 17 heavy (non-hydrogen) atoms. The molecule has 0 radical (unpaired) electrons. The van der Waals surface area contributed by atoms with Gasteiger partial charge >= 0.3 is 0 Å². The van der Waals surface area contributed by atoms with Crippen LogP contribution in [0.15, 0.2) is 24.3 Å². The van der Waals surface area contributed by atoms with Gasteiger partial charge in [0.2, 0.25) is 0 Å². The van der Waals surface area contributed by atoms with E-state index in [-0.39, 0.29) is 11.7 Å². The van der Waals surface area contributed by atoms with Gasteiger partial charge in [0.15, 0.2) is 0 Å². The summed E-state index contributed by atoms with van der Waals surface area (Å²) in [6, 6.07) is 0. The zero-order valence-electron chi connectivity index (χ0n) is 11.6. The number of rotatable bonds is 2. The van der Waals surface area contributed by atoms with Gasteiger partial charge in [0.05, 0.1) is 17.3 Å². The van der Waals surface area contributed by atoms with Crippen molar-refractivity contribution in [2.45, 2.75) is 70.7 Å². The van der Waals surface area contributed by atoms with Crippen LogP contribution in [0.4, 0.5) is 0 Å². The summed E-state index contributed by atoms with van der Waals surface area (Å²) in [7, 11) is 0. The molecule has 0 aliphatic carbocycles. The third kappa shape index (κ3) is 4.29. The highest BCUT2D eigenvalue weighted by Crippen LogP contribution is 2.30. The standard InChI is InChI=1S/C15H26O2/c1-6-15(5)11-7-8-12(2)9-10-13(17-15)14(3,4)16/h6,8,13,16H,1,7,9-11H2,2-5H3/b12-8-/t13-,15-/m1/s1. The van der Waals surface area contributed by atoms with Crippen molar-refractivity contribution in [2.24, 2.45) is 0 Å². The summed E-state index contributed by atoms with van der Waals surface area (Å²) in [5.41, 5.74) is 0.233. The van der Waals surface area contributed by atoms with Crippen LogP contribution in [0.1, 0.15) is 53.4 Å². The summed E-state index contributed by atoms with van der Waals surface area (Å²) in [6.45, 7) is 11.7. The van der Waals surface area contributed by atoms with Crippen LogP contribution < -0.4 is 0 Å². The fraction of sp³-hybridized carbons (Fsp3) is 0.733. The highest BCUT2D eigenvalue weighted by Gasteiger charge is 2.34. The van der Waals surface area contributed by atoms with Crippen LogP contribution in [-0.4, -0.2) is 22.4 Å². The number of hydrogen-bond acceptors (Lipinski definition) is 2. The Hall–Kier alpha value is -0.600. The van der Waals surface area contributed by atoms with E-state index in [1.807, 2.05) is 26.8 Å². The van der Waals surface area contributed by atoms with E-state index in [0.29, 0.717) is 0 Å². The zero-order chi connectivity index (χ0) is 13.1. The Morgan fingerprint density at radius 1 is 1.59 bits per heavy atom. The van der Waals surface area contributed by atoms with E-state index in [1.165, 1.54) is 5.57 Å². The van der Waals surface area contributed by atoms with E-state index >= 15 is 0 Å². The number of aliphatic hydroxyl groups is 1. The highest BCUT2D eigenvalue weighted by atomic mass is 16.5. The van der Waals surface area contributed by atoms with E-state index in [9.17, 15) is 5.11 Å². The van der Waals surface area contributed by atoms with Crippen LogP contribution >= 0.6 is 0 Å². The second kappa shape index (κ2) is 5.36. The molecule has 1 aliphatic heterocycles. The van der Waals surface area contributed by atoms with Gasteiger partial charge in [-0.15, -0.1) is 6.58 Å². The smallest absolute Gasteiger partial charge is 0.0871 e. The molecule has 98 valence electrons. The Morgan fingerprint density at radius 2 is 2.24 bits per heavy atom. The van der Waals surface area contributed by atoms with Crippen LogP contribution in [0, 0.1) is 0 Å². The van der Waals surface area contributed by atoms with Crippen molar-refractivity contribution in [3.63, 3.8) is 0 Å². The SMILES string of the molecule is C=C[C@]1(C)CC/C=C(/C)CC[C@H](C(C)(C)O)O1. The third-order valence-electron chi connectivity index (χ3n) is 3.57. The second-order valence-corrected chi connectivity index (χ2v) is 5.90. The lowest BCUT2D eigenvalue weighted by Gasteiger charge is -2.37. The maximum Gasteiger partial charge on any atom is 0.0871 e. The monoisotopic (exact) mass is 238 g/mol. The van der Waals surface area contributed by atoms with E-state index in [2.05, 4.69) is 19.6 Å². The van der Waals surface area contributed by atoms with Gasteiger partial charge in [0.1, 0.15) is 0 Å². The number of hydrogen-bond donors (Lipinski definition) is 1. The van der Waals surface area contributed by atoms with Gasteiger partial charge < -0.3 is 9.84 Å². The minimum Gasteiger partial charge on any atom is -0.388 e. The molecule has 0 unspecified atom stereocenters. The van der Waals surface area contributed by atoms with Crippen molar-refractivity contribution < 1.29 is 9.84 Å². The molecule has 0 aromatic rings. The molecule has 1 N–H and O–H groups in total. The van der Waals surface area contributed by atoms with Gasteiger partial charge in [-0.1, -0.05) is 17.7 Å². The first-order valence-electron chi connectivity index (χ1n) is 6.46. The van der Waals surface area contributed by atoms with Crippen LogP contribution in [-0.2, 0) is 4.74 Å². The first-order valence-corrected chi connectivity index (χ1v) is 6.46. The average molecular weight is 238 g/mol. The molecule has 2 nitrogen and oxygen atoms in total. The summed E-state index contributed by atoms with van der Waals surface area (Å²) >= 11 is 0. The molecule has 0 saturated heterocycles. The largest absolute Gasteiger partial charge is 0.388 e. The molecule has 0 fully saturated rings. The van der Waals surface area contributed by atoms with Gasteiger partial charge in [-0.2, -0.15) is 0 Å². The first kappa shape index (κ1) is 14.5. The fourth-order valence-corrected chi connectivity index (χ4v) is 2.16. The van der Waals surface area contributed by atoms with Crippen molar-refractivity contribution in [3.05, 3.63) is 24.3 Å². The molecule has 1 heterocycles. The number of ether oxygens (including phenoxy) is 1. The Labute approximate surface area is 105 Å². The molecular weight excluding hydrogens is 212 g/mol. The van der Waals surface area contributed by atoms with E-state index in [1.54, 1.807) is 0 Å². The van der Waals surface area contributed by atoms with Gasteiger partial charge in [0.25, 0.3) is 0 Å². The minimum absolute atomic E-state index is 0.146. The van der Waals surface area contributed by atoms with Crippen molar-refractivity contribution in [1.29, 1.82) is 0 Å². The van der Waals surface area contributed by atoms with Crippen LogP contribution in [0.2, 0.25) is 0 Å². The third-order valence-corrected chi connectivity index (χ3v) is 3.57. The first-order chi connectivity index (χ1) is 7.77. The Bertz CT molecular complexity index is 299. The molecule has 0 amide bonds. The van der Waals surface area contributed by atoms with Crippen molar-refractivity contribution in [1.82, 2.24) is 0 Å². The summed E-state index contributed by atoms with van der Waals surface area (Å²) in [5.74, 6) is 0. The van der Waals surface area contributed by atoms with Gasteiger partial charge in [0, 0.05) is 0 Å². The van der Waals surface area contributed by atoms with E-state index in [0.717, 1.165) is 25.7 Å². The molecule has 0 spiro atoms. The lowest BCUT2D eigenvalue weighted by atomic mass is 9.94. The van der Waals surface area contributed by atoms with E-state index < -0.39 is 5.60 Å². The second-order valence-electron chi connectivity index (χ2n) is 5.90. The molecule has 1 rings (SSSR count). The lowest BCUT2D eigenvalue weighted by molar-refractivity contribution is -0.144. The molecule has 0 saturated carbocycles. The minimum atomic E-state index is -0.811. The normalized spacial score (nSPS) is 35.1. The predicted molar refractivity (Wildman–Crippen MR) is 72.0 cm³/mol. The Kier molecular flexibility index (Phi) is 4.56. The van der Waals surface area contributed by atoms with Crippen LogP contribution in [0.25, 0.3) is 0 Å². The lowest BCUT2D eigenvalue weighted by Crippen LogP contribution is -2.44. The maximum atomic E-state index is 10.2. The van der Waals surface area contributed by atoms with Crippen LogP contribution in [0.5, 0.6) is 0 Å². The van der Waals surface area contributed by atoms with Gasteiger partial charge in [-0.25, -0.2) is 0 Å². The molecule has 0 aromatic heterocycles. The maximum absolute atomic E-state index is 10.2. The van der Waals surface area contributed by atoms with E-state index in [4.69, 9.17) is 4.74 Å². The van der Waals surface area contributed by atoms with Crippen molar-refractivity contribution in [3.8, 4) is 0 Å². The van der Waals surface area contributed by atoms with Gasteiger partial charge in [-0.05, 0) is 53.4 Å². The fourth-order valence-electron chi connectivity index (χ4n) is 2.16. The van der Waals surface area contributed by atoms with Crippen LogP contribution in [0.3, 0.4) is 0 Å². The van der Waals surface area contributed by atoms with Gasteiger partial charge in [-0.3, -0.25) is 0 Å². The predicted octanol–water partition coefficient (Wildman–Crippen LogP) is 3.61. The molecular formula is C15H26O2. The summed E-state index contributed by atoms with van der Waals surface area (Å²) < 4.78 is 6.12.